The third kappa shape index (κ3) is 2.85. The molecule has 2 rings (SSSR count). The zero-order valence-corrected chi connectivity index (χ0v) is 11.8. The van der Waals surface area contributed by atoms with Crippen LogP contribution in [0.1, 0.15) is 31.9 Å². The lowest BCUT2D eigenvalue weighted by Crippen LogP contribution is -2.34. The van der Waals surface area contributed by atoms with E-state index in [4.69, 9.17) is 5.73 Å². The number of hydrogen-bond acceptors (Lipinski definition) is 3. The van der Waals surface area contributed by atoms with Crippen LogP contribution in [0.15, 0.2) is 24.3 Å². The molecule has 2 atom stereocenters. The summed E-state index contributed by atoms with van der Waals surface area (Å²) in [6.45, 7) is 7.67. The van der Waals surface area contributed by atoms with E-state index in [2.05, 4.69) is 48.0 Å². The minimum atomic E-state index is 0.122. The van der Waals surface area contributed by atoms with Gasteiger partial charge in [-0.25, -0.2) is 0 Å². The van der Waals surface area contributed by atoms with Crippen molar-refractivity contribution in [2.24, 2.45) is 5.73 Å². The average molecular weight is 247 g/mol. The molecule has 100 valence electrons. The maximum absolute atomic E-state index is 5.88. The van der Waals surface area contributed by atoms with Gasteiger partial charge < -0.3 is 15.5 Å². The predicted octanol–water partition coefficient (Wildman–Crippen LogP) is 2.24. The van der Waals surface area contributed by atoms with Crippen molar-refractivity contribution in [3.05, 3.63) is 29.8 Å². The lowest BCUT2D eigenvalue weighted by Gasteiger charge is -2.24. The van der Waals surface area contributed by atoms with E-state index >= 15 is 0 Å². The molecule has 1 aromatic rings. The standard InChI is InChI=1S/C15H25N3/c1-4-17(3)15-9-10-18(11-15)14-7-5-13(6-8-14)12(2)16/h5-8,12,15H,4,9-11,16H2,1-3H3/t12?,15-/m0/s1. The van der Waals surface area contributed by atoms with Crippen molar-refractivity contribution in [2.75, 3.05) is 31.6 Å². The van der Waals surface area contributed by atoms with E-state index in [-0.39, 0.29) is 6.04 Å². The van der Waals surface area contributed by atoms with Crippen LogP contribution in [-0.4, -0.2) is 37.6 Å². The Labute approximate surface area is 111 Å². The molecule has 0 radical (unpaired) electrons. The molecule has 1 aliphatic heterocycles. The predicted molar refractivity (Wildman–Crippen MR) is 78.0 cm³/mol. The average Bonchev–Trinajstić information content (AvgIpc) is 2.87. The maximum Gasteiger partial charge on any atom is 0.0366 e. The summed E-state index contributed by atoms with van der Waals surface area (Å²) in [5.41, 5.74) is 8.41. The lowest BCUT2D eigenvalue weighted by atomic mass is 10.1. The van der Waals surface area contributed by atoms with Crippen molar-refractivity contribution in [2.45, 2.75) is 32.4 Å². The van der Waals surface area contributed by atoms with Crippen molar-refractivity contribution >= 4 is 5.69 Å². The van der Waals surface area contributed by atoms with Gasteiger partial charge in [0.2, 0.25) is 0 Å². The van der Waals surface area contributed by atoms with Crippen molar-refractivity contribution in [3.8, 4) is 0 Å². The summed E-state index contributed by atoms with van der Waals surface area (Å²) < 4.78 is 0. The third-order valence-electron chi connectivity index (χ3n) is 4.07. The van der Waals surface area contributed by atoms with Crippen molar-refractivity contribution in [3.63, 3.8) is 0 Å². The van der Waals surface area contributed by atoms with Gasteiger partial charge in [-0.15, -0.1) is 0 Å². The highest BCUT2D eigenvalue weighted by Gasteiger charge is 2.24. The van der Waals surface area contributed by atoms with E-state index in [1.165, 1.54) is 17.7 Å². The van der Waals surface area contributed by atoms with Gasteiger partial charge >= 0.3 is 0 Å². The van der Waals surface area contributed by atoms with Crippen molar-refractivity contribution in [1.82, 2.24) is 4.90 Å². The smallest absolute Gasteiger partial charge is 0.0366 e. The van der Waals surface area contributed by atoms with Crippen molar-refractivity contribution in [1.29, 1.82) is 0 Å². The molecule has 3 nitrogen and oxygen atoms in total. The summed E-state index contributed by atoms with van der Waals surface area (Å²) in [6.07, 6.45) is 1.26. The van der Waals surface area contributed by atoms with Gasteiger partial charge in [-0.05, 0) is 44.6 Å². The summed E-state index contributed by atoms with van der Waals surface area (Å²) in [6, 6.07) is 9.52. The molecular weight excluding hydrogens is 222 g/mol. The summed E-state index contributed by atoms with van der Waals surface area (Å²) in [7, 11) is 2.22. The molecule has 0 amide bonds. The molecule has 18 heavy (non-hydrogen) atoms. The van der Waals surface area contributed by atoms with Crippen LogP contribution in [0, 0.1) is 0 Å². The first kappa shape index (κ1) is 13.4. The lowest BCUT2D eigenvalue weighted by molar-refractivity contribution is 0.272. The van der Waals surface area contributed by atoms with E-state index in [1.807, 2.05) is 6.92 Å². The highest BCUT2D eigenvalue weighted by Crippen LogP contribution is 2.23. The molecule has 1 saturated heterocycles. The molecule has 3 heteroatoms. The van der Waals surface area contributed by atoms with E-state index < -0.39 is 0 Å². The Balaban J connectivity index is 2.01. The monoisotopic (exact) mass is 247 g/mol. The SMILES string of the molecule is CCN(C)[C@H]1CCN(c2ccc(C(C)N)cc2)C1. The van der Waals surface area contributed by atoms with E-state index in [1.54, 1.807) is 0 Å². The second kappa shape index (κ2) is 5.72. The van der Waals surface area contributed by atoms with Gasteiger partial charge in [-0.3, -0.25) is 0 Å². The van der Waals surface area contributed by atoms with E-state index in [9.17, 15) is 0 Å². The molecule has 1 unspecified atom stereocenters. The Morgan fingerprint density at radius 1 is 1.39 bits per heavy atom. The summed E-state index contributed by atoms with van der Waals surface area (Å²) >= 11 is 0. The zero-order chi connectivity index (χ0) is 13.1. The number of nitrogens with zero attached hydrogens (tertiary/aromatic N) is 2. The van der Waals surface area contributed by atoms with Gasteiger partial charge in [-0.2, -0.15) is 0 Å². The molecule has 2 N–H and O–H groups in total. The molecule has 0 aromatic heterocycles. The second-order valence-electron chi connectivity index (χ2n) is 5.34. The molecule has 1 heterocycles. The molecule has 0 aliphatic carbocycles. The van der Waals surface area contributed by atoms with E-state index in [0.717, 1.165) is 19.6 Å². The third-order valence-corrected chi connectivity index (χ3v) is 4.07. The molecule has 0 bridgehead atoms. The van der Waals surface area contributed by atoms with Gasteiger partial charge in [0.25, 0.3) is 0 Å². The molecule has 1 aliphatic rings. The zero-order valence-electron chi connectivity index (χ0n) is 11.8. The number of benzene rings is 1. The molecule has 1 aromatic carbocycles. The fourth-order valence-corrected chi connectivity index (χ4v) is 2.58. The molecule has 1 fully saturated rings. The fraction of sp³-hybridized carbons (Fsp3) is 0.600. The summed E-state index contributed by atoms with van der Waals surface area (Å²) in [5, 5.41) is 0. The number of anilines is 1. The Morgan fingerprint density at radius 2 is 2.06 bits per heavy atom. The van der Waals surface area contributed by atoms with E-state index in [0.29, 0.717) is 6.04 Å². The number of nitrogens with two attached hydrogens (primary N) is 1. The van der Waals surface area contributed by atoms with Gasteiger partial charge in [0.1, 0.15) is 0 Å². The van der Waals surface area contributed by atoms with Crippen LogP contribution in [-0.2, 0) is 0 Å². The molecule has 0 saturated carbocycles. The van der Waals surface area contributed by atoms with Crippen LogP contribution < -0.4 is 10.6 Å². The van der Waals surface area contributed by atoms with Crippen molar-refractivity contribution < 1.29 is 0 Å². The normalized spacial score (nSPS) is 21.6. The maximum atomic E-state index is 5.88. The van der Waals surface area contributed by atoms with Crippen LogP contribution in [0.2, 0.25) is 0 Å². The molecule has 0 spiro atoms. The Kier molecular flexibility index (Phi) is 4.25. The highest BCUT2D eigenvalue weighted by atomic mass is 15.2. The van der Waals surface area contributed by atoms with Crippen LogP contribution in [0.3, 0.4) is 0 Å². The second-order valence-corrected chi connectivity index (χ2v) is 5.34. The molecular formula is C15H25N3. The quantitative estimate of drug-likeness (QED) is 0.885. The van der Waals surface area contributed by atoms with Crippen LogP contribution >= 0.6 is 0 Å². The Hall–Kier alpha value is -1.06. The van der Waals surface area contributed by atoms with Gasteiger partial charge in [0.05, 0.1) is 0 Å². The first-order valence-corrected chi connectivity index (χ1v) is 6.92. The van der Waals surface area contributed by atoms with Crippen LogP contribution in [0.25, 0.3) is 0 Å². The van der Waals surface area contributed by atoms with Gasteiger partial charge in [-0.1, -0.05) is 19.1 Å². The fourth-order valence-electron chi connectivity index (χ4n) is 2.58. The number of hydrogen-bond donors (Lipinski definition) is 1. The first-order chi connectivity index (χ1) is 8.61. The van der Waals surface area contributed by atoms with Crippen LogP contribution in [0.5, 0.6) is 0 Å². The minimum absolute atomic E-state index is 0.122. The number of likely N-dealkylation sites (N-methyl/N-ethyl adjacent to an activating group) is 1. The summed E-state index contributed by atoms with van der Waals surface area (Å²) in [4.78, 5) is 4.91. The Morgan fingerprint density at radius 3 is 2.61 bits per heavy atom. The van der Waals surface area contributed by atoms with Gasteiger partial charge in [0.15, 0.2) is 0 Å². The minimum Gasteiger partial charge on any atom is -0.370 e. The van der Waals surface area contributed by atoms with Gasteiger partial charge in [0, 0.05) is 30.9 Å². The summed E-state index contributed by atoms with van der Waals surface area (Å²) in [5.74, 6) is 0. The Bertz CT molecular complexity index is 372. The highest BCUT2D eigenvalue weighted by molar-refractivity contribution is 5.49. The first-order valence-electron chi connectivity index (χ1n) is 6.92. The largest absolute Gasteiger partial charge is 0.370 e. The van der Waals surface area contributed by atoms with Crippen LogP contribution in [0.4, 0.5) is 5.69 Å². The number of rotatable bonds is 4. The topological polar surface area (TPSA) is 32.5 Å².